The van der Waals surface area contributed by atoms with E-state index in [1.807, 2.05) is 12.1 Å². The number of amides is 2. The van der Waals surface area contributed by atoms with Crippen LogP contribution in [0.15, 0.2) is 24.3 Å². The summed E-state index contributed by atoms with van der Waals surface area (Å²) in [6.45, 7) is 0.573. The van der Waals surface area contributed by atoms with Gasteiger partial charge in [-0.15, -0.1) is 0 Å². The van der Waals surface area contributed by atoms with Gasteiger partial charge in [0.15, 0.2) is 0 Å². The first kappa shape index (κ1) is 12.1. The first-order valence-corrected chi connectivity index (χ1v) is 7.29. The lowest BCUT2D eigenvalue weighted by atomic mass is 9.50. The van der Waals surface area contributed by atoms with Crippen LogP contribution >= 0.6 is 0 Å². The average Bonchev–Trinajstić information content (AvgIpc) is 2.60. The molecule has 2 fully saturated rings. The predicted molar refractivity (Wildman–Crippen MR) is 74.2 cm³/mol. The zero-order chi connectivity index (χ0) is 13.9. The molecule has 0 atom stereocenters. The fraction of sp³-hybridized carbons (Fsp3) is 0.500. The lowest BCUT2D eigenvalue weighted by molar-refractivity contribution is -0.0456. The van der Waals surface area contributed by atoms with E-state index in [0.717, 1.165) is 25.7 Å². The second-order valence-electron chi connectivity index (χ2n) is 6.71. The van der Waals surface area contributed by atoms with Gasteiger partial charge in [-0.1, -0.05) is 12.1 Å². The molecule has 1 aliphatic heterocycles. The minimum absolute atomic E-state index is 0.128. The molecule has 4 heteroatoms. The molecule has 4 rings (SSSR count). The third-order valence-corrected chi connectivity index (χ3v) is 5.15. The van der Waals surface area contributed by atoms with Crippen molar-refractivity contribution >= 4 is 11.8 Å². The molecule has 1 aromatic rings. The third-order valence-electron chi connectivity index (χ3n) is 5.15. The summed E-state index contributed by atoms with van der Waals surface area (Å²) in [6, 6.07) is 7.46. The Morgan fingerprint density at radius 3 is 2.10 bits per heavy atom. The summed E-state index contributed by atoms with van der Waals surface area (Å²) in [5, 5.41) is 0. The van der Waals surface area contributed by atoms with Gasteiger partial charge in [0.25, 0.3) is 11.8 Å². The molecular formula is C16H18N2O2. The van der Waals surface area contributed by atoms with Gasteiger partial charge in [0.1, 0.15) is 0 Å². The predicted octanol–water partition coefficient (Wildman–Crippen LogP) is 1.80. The molecule has 104 valence electrons. The van der Waals surface area contributed by atoms with Crippen molar-refractivity contribution in [2.24, 2.45) is 17.1 Å². The summed E-state index contributed by atoms with van der Waals surface area (Å²) in [5.74, 6) is 0.207. The molecule has 2 aliphatic carbocycles. The van der Waals surface area contributed by atoms with Crippen molar-refractivity contribution in [2.75, 3.05) is 6.54 Å². The van der Waals surface area contributed by atoms with E-state index in [1.165, 1.54) is 4.90 Å². The standard InChI is InChI=1S/C16H18N2O2/c17-11-7-16(8-11)5-10(6-16)9-18-14(19)12-3-1-2-4-13(12)15(18)20/h1-4,10-11H,5-9,17H2. The normalized spacial score (nSPS) is 35.0. The fourth-order valence-corrected chi connectivity index (χ4v) is 4.34. The Morgan fingerprint density at radius 1 is 1.05 bits per heavy atom. The van der Waals surface area contributed by atoms with Crippen LogP contribution in [-0.2, 0) is 0 Å². The van der Waals surface area contributed by atoms with Crippen LogP contribution in [0, 0.1) is 11.3 Å². The van der Waals surface area contributed by atoms with E-state index in [4.69, 9.17) is 5.73 Å². The number of benzene rings is 1. The maximum absolute atomic E-state index is 12.3. The van der Waals surface area contributed by atoms with E-state index in [1.54, 1.807) is 12.1 Å². The van der Waals surface area contributed by atoms with Crippen molar-refractivity contribution < 1.29 is 9.59 Å². The molecule has 2 N–H and O–H groups in total. The SMILES string of the molecule is NC1CC2(C1)CC(CN1C(=O)c3ccccc3C1=O)C2. The quantitative estimate of drug-likeness (QED) is 0.833. The second-order valence-corrected chi connectivity index (χ2v) is 6.71. The van der Waals surface area contributed by atoms with Gasteiger partial charge in [0.05, 0.1) is 11.1 Å². The Labute approximate surface area is 117 Å². The molecule has 1 heterocycles. The van der Waals surface area contributed by atoms with Gasteiger partial charge in [-0.05, 0) is 49.1 Å². The lowest BCUT2D eigenvalue weighted by Gasteiger charge is -2.57. The van der Waals surface area contributed by atoms with Gasteiger partial charge in [-0.25, -0.2) is 0 Å². The molecule has 20 heavy (non-hydrogen) atoms. The Bertz CT molecular complexity index is 561. The third kappa shape index (κ3) is 1.57. The molecule has 2 saturated carbocycles. The van der Waals surface area contributed by atoms with E-state index >= 15 is 0 Å². The molecule has 0 radical (unpaired) electrons. The summed E-state index contributed by atoms with van der Waals surface area (Å²) in [4.78, 5) is 26.0. The first-order chi connectivity index (χ1) is 9.58. The molecule has 4 nitrogen and oxygen atoms in total. The van der Waals surface area contributed by atoms with E-state index < -0.39 is 0 Å². The van der Waals surface area contributed by atoms with E-state index in [9.17, 15) is 9.59 Å². The zero-order valence-corrected chi connectivity index (χ0v) is 11.3. The smallest absolute Gasteiger partial charge is 0.261 e. The summed E-state index contributed by atoms with van der Waals surface area (Å²) < 4.78 is 0. The number of fused-ring (bicyclic) bond motifs is 1. The van der Waals surface area contributed by atoms with Gasteiger partial charge in [0, 0.05) is 12.6 Å². The minimum atomic E-state index is -0.128. The maximum atomic E-state index is 12.3. The van der Waals surface area contributed by atoms with Gasteiger partial charge in [-0.2, -0.15) is 0 Å². The van der Waals surface area contributed by atoms with Crippen molar-refractivity contribution in [2.45, 2.75) is 31.7 Å². The van der Waals surface area contributed by atoms with E-state index in [2.05, 4.69) is 0 Å². The van der Waals surface area contributed by atoms with Gasteiger partial charge >= 0.3 is 0 Å². The molecule has 0 saturated heterocycles. The highest BCUT2D eigenvalue weighted by Gasteiger charge is 2.52. The topological polar surface area (TPSA) is 63.4 Å². The summed E-state index contributed by atoms with van der Waals surface area (Å²) in [7, 11) is 0. The summed E-state index contributed by atoms with van der Waals surface area (Å²) in [6.07, 6.45) is 4.47. The van der Waals surface area contributed by atoms with Crippen LogP contribution in [0.5, 0.6) is 0 Å². The van der Waals surface area contributed by atoms with Crippen LogP contribution in [-0.4, -0.2) is 29.3 Å². The summed E-state index contributed by atoms with van der Waals surface area (Å²) >= 11 is 0. The molecule has 1 aromatic carbocycles. The van der Waals surface area contributed by atoms with Crippen molar-refractivity contribution in [3.8, 4) is 0 Å². The van der Waals surface area contributed by atoms with Crippen LogP contribution in [0.4, 0.5) is 0 Å². The highest BCUT2D eigenvalue weighted by atomic mass is 16.2. The van der Waals surface area contributed by atoms with Crippen molar-refractivity contribution in [3.05, 3.63) is 35.4 Å². The second kappa shape index (κ2) is 3.92. The number of hydrogen-bond donors (Lipinski definition) is 1. The van der Waals surface area contributed by atoms with Crippen LogP contribution in [0.3, 0.4) is 0 Å². The molecule has 3 aliphatic rings. The molecule has 0 bridgehead atoms. The fourth-order valence-electron chi connectivity index (χ4n) is 4.34. The number of nitrogens with two attached hydrogens (primary N) is 1. The molecular weight excluding hydrogens is 252 g/mol. The van der Waals surface area contributed by atoms with Gasteiger partial charge in [-0.3, -0.25) is 14.5 Å². The number of nitrogens with zero attached hydrogens (tertiary/aromatic N) is 1. The molecule has 2 amide bonds. The average molecular weight is 270 g/mol. The largest absolute Gasteiger partial charge is 0.328 e. The maximum Gasteiger partial charge on any atom is 0.261 e. The minimum Gasteiger partial charge on any atom is -0.328 e. The summed E-state index contributed by atoms with van der Waals surface area (Å²) in [5.41, 5.74) is 7.41. The van der Waals surface area contributed by atoms with E-state index in [-0.39, 0.29) is 11.8 Å². The van der Waals surface area contributed by atoms with Crippen LogP contribution in [0.2, 0.25) is 0 Å². The number of carbonyl (C=O) groups excluding carboxylic acids is 2. The first-order valence-electron chi connectivity index (χ1n) is 7.29. The number of carbonyl (C=O) groups is 2. The van der Waals surface area contributed by atoms with Crippen LogP contribution < -0.4 is 5.73 Å². The number of hydrogen-bond acceptors (Lipinski definition) is 3. The van der Waals surface area contributed by atoms with Gasteiger partial charge in [0.2, 0.25) is 0 Å². The number of rotatable bonds is 2. The molecule has 1 spiro atoms. The number of imide groups is 1. The van der Waals surface area contributed by atoms with Crippen molar-refractivity contribution in [1.82, 2.24) is 4.90 Å². The van der Waals surface area contributed by atoms with Crippen LogP contribution in [0.25, 0.3) is 0 Å². The Hall–Kier alpha value is -1.68. The van der Waals surface area contributed by atoms with Crippen molar-refractivity contribution in [1.29, 1.82) is 0 Å². The Balaban J connectivity index is 1.44. The van der Waals surface area contributed by atoms with Crippen molar-refractivity contribution in [3.63, 3.8) is 0 Å². The lowest BCUT2D eigenvalue weighted by Crippen LogP contribution is -2.55. The molecule has 0 aromatic heterocycles. The zero-order valence-electron chi connectivity index (χ0n) is 11.3. The highest BCUT2D eigenvalue weighted by Crippen LogP contribution is 2.58. The monoisotopic (exact) mass is 270 g/mol. The van der Waals surface area contributed by atoms with Gasteiger partial charge < -0.3 is 5.73 Å². The molecule has 0 unspecified atom stereocenters. The Morgan fingerprint density at radius 2 is 1.60 bits per heavy atom. The Kier molecular flexibility index (Phi) is 2.37. The highest BCUT2D eigenvalue weighted by molar-refractivity contribution is 6.21. The van der Waals surface area contributed by atoms with E-state index in [0.29, 0.717) is 35.0 Å². The van der Waals surface area contributed by atoms with Crippen LogP contribution in [0.1, 0.15) is 46.4 Å².